The van der Waals surface area contributed by atoms with Crippen molar-refractivity contribution in [2.24, 2.45) is 0 Å². The van der Waals surface area contributed by atoms with Crippen LogP contribution in [0.4, 0.5) is 0 Å². The highest BCUT2D eigenvalue weighted by molar-refractivity contribution is 5.87. The molecule has 1 aromatic rings. The Morgan fingerprint density at radius 3 is 2.67 bits per heavy atom. The first-order chi connectivity index (χ1) is 11.6. The maximum Gasteiger partial charge on any atom is 0.356 e. The Balaban J connectivity index is 1.63. The highest BCUT2D eigenvalue weighted by Crippen LogP contribution is 2.25. The van der Waals surface area contributed by atoms with Crippen LogP contribution in [0.2, 0.25) is 0 Å². The number of esters is 1. The summed E-state index contributed by atoms with van der Waals surface area (Å²) in [5.41, 5.74) is 2.80. The molecule has 2 aliphatic heterocycles. The number of ether oxygens (including phenoxy) is 1. The number of rotatable bonds is 3. The summed E-state index contributed by atoms with van der Waals surface area (Å²) in [6.07, 6.45) is 4.81. The third-order valence-corrected chi connectivity index (χ3v) is 5.04. The van der Waals surface area contributed by atoms with E-state index in [0.29, 0.717) is 18.3 Å². The van der Waals surface area contributed by atoms with Crippen LogP contribution < -0.4 is 0 Å². The van der Waals surface area contributed by atoms with Crippen molar-refractivity contribution in [3.05, 3.63) is 29.1 Å². The maximum atomic E-state index is 11.8. The molecule has 24 heavy (non-hydrogen) atoms. The number of piperidine rings is 1. The summed E-state index contributed by atoms with van der Waals surface area (Å²) >= 11 is 0. The molecule has 1 saturated heterocycles. The molecule has 0 atom stereocenters. The summed E-state index contributed by atoms with van der Waals surface area (Å²) in [6.45, 7) is 7.37. The fraction of sp³-hybridized carbons (Fsp3) is 0.611. The minimum Gasteiger partial charge on any atom is -0.461 e. The van der Waals surface area contributed by atoms with Crippen LogP contribution in [0, 0.1) is 0 Å². The summed E-state index contributed by atoms with van der Waals surface area (Å²) in [5, 5.41) is 0. The fourth-order valence-electron chi connectivity index (χ4n) is 3.64. The van der Waals surface area contributed by atoms with Gasteiger partial charge in [0, 0.05) is 45.3 Å². The number of hydrogen-bond acceptors (Lipinski definition) is 5. The molecule has 0 radical (unpaired) electrons. The largest absolute Gasteiger partial charge is 0.461 e. The minimum absolute atomic E-state index is 0.174. The molecule has 6 nitrogen and oxygen atoms in total. The maximum absolute atomic E-state index is 11.8. The van der Waals surface area contributed by atoms with Crippen molar-refractivity contribution >= 4 is 11.9 Å². The average molecular weight is 331 g/mol. The van der Waals surface area contributed by atoms with Crippen molar-refractivity contribution in [3.8, 4) is 0 Å². The van der Waals surface area contributed by atoms with Gasteiger partial charge in [0.15, 0.2) is 0 Å². The number of aromatic nitrogens is 1. The van der Waals surface area contributed by atoms with Gasteiger partial charge < -0.3 is 9.64 Å². The molecule has 0 aromatic carbocycles. The van der Waals surface area contributed by atoms with E-state index in [2.05, 4.69) is 9.88 Å². The first kappa shape index (κ1) is 16.9. The molecule has 6 heteroatoms. The highest BCUT2D eigenvalue weighted by atomic mass is 16.5. The van der Waals surface area contributed by atoms with E-state index in [1.165, 1.54) is 11.1 Å². The van der Waals surface area contributed by atoms with Gasteiger partial charge in [0.05, 0.1) is 6.61 Å². The number of carbonyl (C=O) groups is 2. The SMILES string of the molecule is CCOC(=O)c1cc2c(cn1)CN(C1CCN(C(C)=O)CC1)CC2. The minimum atomic E-state index is -0.348. The molecule has 1 aromatic heterocycles. The zero-order valence-corrected chi connectivity index (χ0v) is 14.5. The van der Waals surface area contributed by atoms with Crippen LogP contribution >= 0.6 is 0 Å². The van der Waals surface area contributed by atoms with Crippen molar-refractivity contribution in [2.45, 2.75) is 45.7 Å². The van der Waals surface area contributed by atoms with E-state index in [0.717, 1.165) is 45.4 Å². The Bertz CT molecular complexity index is 624. The van der Waals surface area contributed by atoms with Crippen molar-refractivity contribution in [2.75, 3.05) is 26.2 Å². The molecule has 0 N–H and O–H groups in total. The van der Waals surface area contributed by atoms with Gasteiger partial charge in [-0.3, -0.25) is 9.69 Å². The Hall–Kier alpha value is -1.95. The molecule has 0 spiro atoms. The average Bonchev–Trinajstić information content (AvgIpc) is 2.61. The predicted molar refractivity (Wildman–Crippen MR) is 89.6 cm³/mol. The Kier molecular flexibility index (Phi) is 5.14. The molecular formula is C18H25N3O3. The van der Waals surface area contributed by atoms with Gasteiger partial charge in [-0.2, -0.15) is 0 Å². The third-order valence-electron chi connectivity index (χ3n) is 5.04. The number of nitrogens with zero attached hydrogens (tertiary/aromatic N) is 3. The molecule has 3 heterocycles. The summed E-state index contributed by atoms with van der Waals surface area (Å²) in [6, 6.07) is 2.40. The first-order valence-corrected chi connectivity index (χ1v) is 8.73. The number of fused-ring (bicyclic) bond motifs is 1. The van der Waals surface area contributed by atoms with Crippen LogP contribution in [0.1, 0.15) is 48.3 Å². The third kappa shape index (κ3) is 3.59. The molecule has 3 rings (SSSR count). The van der Waals surface area contributed by atoms with Gasteiger partial charge in [-0.05, 0) is 43.4 Å². The topological polar surface area (TPSA) is 62.7 Å². The van der Waals surface area contributed by atoms with Gasteiger partial charge in [-0.15, -0.1) is 0 Å². The Labute approximate surface area is 142 Å². The van der Waals surface area contributed by atoms with Crippen molar-refractivity contribution in [1.82, 2.24) is 14.8 Å². The van der Waals surface area contributed by atoms with Gasteiger partial charge in [-0.1, -0.05) is 0 Å². The number of carbonyl (C=O) groups excluding carboxylic acids is 2. The van der Waals surface area contributed by atoms with E-state index in [9.17, 15) is 9.59 Å². The standard InChI is InChI=1S/C18H25N3O3/c1-3-24-18(23)17-10-14-4-7-21(12-15(14)11-19-17)16-5-8-20(9-6-16)13(2)22/h10-11,16H,3-9,12H2,1-2H3. The van der Waals surface area contributed by atoms with Gasteiger partial charge in [-0.25, -0.2) is 9.78 Å². The Morgan fingerprint density at radius 2 is 2.00 bits per heavy atom. The molecule has 0 unspecified atom stereocenters. The number of amides is 1. The molecule has 0 aliphatic carbocycles. The molecule has 2 aliphatic rings. The van der Waals surface area contributed by atoms with Crippen LogP contribution in [0.5, 0.6) is 0 Å². The second-order valence-electron chi connectivity index (χ2n) is 6.52. The monoisotopic (exact) mass is 331 g/mol. The van der Waals surface area contributed by atoms with E-state index in [4.69, 9.17) is 4.74 Å². The van der Waals surface area contributed by atoms with Gasteiger partial charge in [0.2, 0.25) is 5.91 Å². The molecule has 0 bridgehead atoms. The lowest BCUT2D eigenvalue weighted by atomic mass is 9.96. The van der Waals surface area contributed by atoms with Crippen LogP contribution in [0.15, 0.2) is 12.3 Å². The van der Waals surface area contributed by atoms with Crippen molar-refractivity contribution in [3.63, 3.8) is 0 Å². The zero-order valence-electron chi connectivity index (χ0n) is 14.5. The molecule has 130 valence electrons. The zero-order chi connectivity index (χ0) is 17.1. The lowest BCUT2D eigenvalue weighted by Crippen LogP contribution is -2.47. The summed E-state index contributed by atoms with van der Waals surface area (Å²) in [5.74, 6) is -0.174. The van der Waals surface area contributed by atoms with E-state index in [1.54, 1.807) is 13.8 Å². The van der Waals surface area contributed by atoms with Crippen molar-refractivity contribution < 1.29 is 14.3 Å². The molecule has 1 fully saturated rings. The number of likely N-dealkylation sites (tertiary alicyclic amines) is 1. The van der Waals surface area contributed by atoms with Crippen LogP contribution in [-0.4, -0.2) is 58.9 Å². The van der Waals surface area contributed by atoms with Crippen LogP contribution in [0.3, 0.4) is 0 Å². The van der Waals surface area contributed by atoms with Crippen LogP contribution in [0.25, 0.3) is 0 Å². The van der Waals surface area contributed by atoms with E-state index in [1.807, 2.05) is 17.2 Å². The fourth-order valence-corrected chi connectivity index (χ4v) is 3.64. The van der Waals surface area contributed by atoms with Crippen molar-refractivity contribution in [1.29, 1.82) is 0 Å². The Morgan fingerprint density at radius 1 is 1.25 bits per heavy atom. The molecule has 0 saturated carbocycles. The first-order valence-electron chi connectivity index (χ1n) is 8.73. The number of hydrogen-bond donors (Lipinski definition) is 0. The summed E-state index contributed by atoms with van der Waals surface area (Å²) < 4.78 is 5.02. The lowest BCUT2D eigenvalue weighted by Gasteiger charge is -2.40. The van der Waals surface area contributed by atoms with E-state index in [-0.39, 0.29) is 11.9 Å². The second kappa shape index (κ2) is 7.30. The molecule has 1 amide bonds. The quantitative estimate of drug-likeness (QED) is 0.788. The van der Waals surface area contributed by atoms with E-state index < -0.39 is 0 Å². The normalized spacial score (nSPS) is 19.0. The van der Waals surface area contributed by atoms with Crippen LogP contribution in [-0.2, 0) is 22.5 Å². The van der Waals surface area contributed by atoms with Gasteiger partial charge in [0.25, 0.3) is 0 Å². The van der Waals surface area contributed by atoms with Gasteiger partial charge in [0.1, 0.15) is 5.69 Å². The van der Waals surface area contributed by atoms with E-state index >= 15 is 0 Å². The molecular weight excluding hydrogens is 306 g/mol. The summed E-state index contributed by atoms with van der Waals surface area (Å²) in [4.78, 5) is 31.9. The smallest absolute Gasteiger partial charge is 0.356 e. The van der Waals surface area contributed by atoms with Gasteiger partial charge >= 0.3 is 5.97 Å². The predicted octanol–water partition coefficient (Wildman–Crippen LogP) is 1.63. The summed E-state index contributed by atoms with van der Waals surface area (Å²) in [7, 11) is 0. The number of pyridine rings is 1. The highest BCUT2D eigenvalue weighted by Gasteiger charge is 2.28. The lowest BCUT2D eigenvalue weighted by molar-refractivity contribution is -0.130. The second-order valence-corrected chi connectivity index (χ2v) is 6.52.